The molecule has 4 nitrogen and oxygen atoms in total. The molecule has 1 aromatic heterocycles. The smallest absolute Gasteiger partial charge is 0.228 e. The summed E-state index contributed by atoms with van der Waals surface area (Å²) in [4.78, 5) is 16.7. The molecule has 1 amide bonds. The molecule has 1 N–H and O–H groups in total. The molecule has 0 saturated heterocycles. The fourth-order valence-corrected chi connectivity index (χ4v) is 2.83. The summed E-state index contributed by atoms with van der Waals surface area (Å²) < 4.78 is 0.788. The van der Waals surface area contributed by atoms with Crippen molar-refractivity contribution in [3.05, 3.63) is 52.8 Å². The van der Waals surface area contributed by atoms with Crippen molar-refractivity contribution in [1.82, 2.24) is 10.3 Å². The van der Waals surface area contributed by atoms with E-state index in [-0.39, 0.29) is 18.4 Å². The second-order valence-corrected chi connectivity index (χ2v) is 6.87. The van der Waals surface area contributed by atoms with Crippen LogP contribution in [-0.4, -0.2) is 17.4 Å². The van der Waals surface area contributed by atoms with Gasteiger partial charge in [-0.3, -0.25) is 4.79 Å². The highest BCUT2D eigenvalue weighted by Crippen LogP contribution is 2.28. The Labute approximate surface area is 151 Å². The van der Waals surface area contributed by atoms with Gasteiger partial charge < -0.3 is 5.32 Å². The molecule has 0 spiro atoms. The van der Waals surface area contributed by atoms with Crippen LogP contribution in [0.3, 0.4) is 0 Å². The summed E-state index contributed by atoms with van der Waals surface area (Å²) in [5.74, 6) is 0.0128. The van der Waals surface area contributed by atoms with E-state index in [1.54, 1.807) is 6.20 Å². The lowest BCUT2D eigenvalue weighted by Gasteiger charge is -2.19. The number of benzene rings is 1. The number of carbonyl (C=O) groups excluding carboxylic acids is 1. The molecule has 0 saturated carbocycles. The van der Waals surface area contributed by atoms with E-state index >= 15 is 0 Å². The van der Waals surface area contributed by atoms with Crippen LogP contribution in [0.25, 0.3) is 11.1 Å². The van der Waals surface area contributed by atoms with Gasteiger partial charge in [0.2, 0.25) is 5.91 Å². The lowest BCUT2D eigenvalue weighted by atomic mass is 9.88. The van der Waals surface area contributed by atoms with E-state index in [4.69, 9.17) is 5.26 Å². The summed E-state index contributed by atoms with van der Waals surface area (Å²) in [6, 6.07) is 13.8. The molecule has 24 heavy (non-hydrogen) atoms. The molecule has 0 radical (unpaired) electrons. The normalized spacial score (nSPS) is 11.8. The maximum atomic E-state index is 12.4. The number of carbonyl (C=O) groups is 1. The zero-order valence-electron chi connectivity index (χ0n) is 13.8. The standard InChI is InChI=1S/C19H20BrN3O/c1-13(2)10-17(19(24)22-9-8-21)15-5-3-4-14(11-15)16-6-7-18(20)23-12-16/h3-7,11-13,17H,9-10H2,1-2H3,(H,22,24). The summed E-state index contributed by atoms with van der Waals surface area (Å²) in [6.07, 6.45) is 2.54. The van der Waals surface area contributed by atoms with Gasteiger partial charge in [0.05, 0.1) is 12.0 Å². The Kier molecular flexibility index (Phi) is 6.51. The van der Waals surface area contributed by atoms with Gasteiger partial charge in [0, 0.05) is 11.8 Å². The molecule has 2 rings (SSSR count). The van der Waals surface area contributed by atoms with Crippen molar-refractivity contribution in [2.75, 3.05) is 6.54 Å². The maximum Gasteiger partial charge on any atom is 0.228 e. The van der Waals surface area contributed by atoms with E-state index in [0.29, 0.717) is 5.92 Å². The summed E-state index contributed by atoms with van der Waals surface area (Å²) in [7, 11) is 0. The first-order valence-corrected chi connectivity index (χ1v) is 8.67. The van der Waals surface area contributed by atoms with Crippen molar-refractivity contribution in [1.29, 1.82) is 5.26 Å². The minimum atomic E-state index is -0.262. The molecule has 1 atom stereocenters. The Morgan fingerprint density at radius 2 is 2.08 bits per heavy atom. The first-order chi connectivity index (χ1) is 11.5. The SMILES string of the molecule is CC(C)CC(C(=O)NCC#N)c1cccc(-c2ccc(Br)nc2)c1. The van der Waals surface area contributed by atoms with Crippen LogP contribution in [0.15, 0.2) is 47.2 Å². The first-order valence-electron chi connectivity index (χ1n) is 7.87. The molecule has 0 aliphatic heterocycles. The van der Waals surface area contributed by atoms with Gasteiger partial charge in [0.25, 0.3) is 0 Å². The zero-order valence-corrected chi connectivity index (χ0v) is 15.4. The molecule has 1 aromatic carbocycles. The summed E-state index contributed by atoms with van der Waals surface area (Å²) in [5.41, 5.74) is 2.98. The Morgan fingerprint density at radius 3 is 2.71 bits per heavy atom. The van der Waals surface area contributed by atoms with Gasteiger partial charge in [-0.25, -0.2) is 4.98 Å². The van der Waals surface area contributed by atoms with Gasteiger partial charge in [-0.2, -0.15) is 5.26 Å². The monoisotopic (exact) mass is 385 g/mol. The minimum absolute atomic E-state index is 0.0315. The highest BCUT2D eigenvalue weighted by Gasteiger charge is 2.22. The van der Waals surface area contributed by atoms with E-state index in [1.165, 1.54) is 0 Å². The maximum absolute atomic E-state index is 12.4. The average Bonchev–Trinajstić information content (AvgIpc) is 2.58. The Balaban J connectivity index is 2.32. The third-order valence-electron chi connectivity index (χ3n) is 3.71. The van der Waals surface area contributed by atoms with E-state index < -0.39 is 0 Å². The van der Waals surface area contributed by atoms with Crippen LogP contribution in [-0.2, 0) is 4.79 Å². The third-order valence-corrected chi connectivity index (χ3v) is 4.18. The van der Waals surface area contributed by atoms with Crippen molar-refractivity contribution in [3.8, 4) is 17.2 Å². The molecule has 5 heteroatoms. The van der Waals surface area contributed by atoms with E-state index in [2.05, 4.69) is 40.1 Å². The predicted molar refractivity (Wildman–Crippen MR) is 98.2 cm³/mol. The number of hydrogen-bond acceptors (Lipinski definition) is 3. The summed E-state index contributed by atoms with van der Waals surface area (Å²) in [6.45, 7) is 4.21. The van der Waals surface area contributed by atoms with Crippen LogP contribution in [0.2, 0.25) is 0 Å². The topological polar surface area (TPSA) is 65.8 Å². The van der Waals surface area contributed by atoms with Crippen LogP contribution >= 0.6 is 15.9 Å². The van der Waals surface area contributed by atoms with E-state index in [9.17, 15) is 4.79 Å². The Hall–Kier alpha value is -2.19. The fourth-order valence-electron chi connectivity index (χ4n) is 2.60. The van der Waals surface area contributed by atoms with Crippen LogP contribution in [0.1, 0.15) is 31.7 Å². The van der Waals surface area contributed by atoms with Crippen molar-refractivity contribution in [2.24, 2.45) is 5.92 Å². The molecule has 124 valence electrons. The van der Waals surface area contributed by atoms with Gasteiger partial charge in [0.1, 0.15) is 11.1 Å². The number of nitriles is 1. The Morgan fingerprint density at radius 1 is 1.29 bits per heavy atom. The van der Waals surface area contributed by atoms with Crippen LogP contribution < -0.4 is 5.32 Å². The first kappa shape index (κ1) is 18.2. The number of pyridine rings is 1. The molecular weight excluding hydrogens is 366 g/mol. The second kappa shape index (κ2) is 8.60. The Bertz CT molecular complexity index is 735. The molecule has 0 bridgehead atoms. The van der Waals surface area contributed by atoms with Gasteiger partial charge in [-0.05, 0) is 45.5 Å². The van der Waals surface area contributed by atoms with Crippen LogP contribution in [0, 0.1) is 17.2 Å². The molecule has 1 unspecified atom stereocenters. The van der Waals surface area contributed by atoms with Gasteiger partial charge in [0.15, 0.2) is 0 Å². The lowest BCUT2D eigenvalue weighted by molar-refractivity contribution is -0.122. The van der Waals surface area contributed by atoms with Crippen molar-refractivity contribution < 1.29 is 4.79 Å². The van der Waals surface area contributed by atoms with Gasteiger partial charge in [-0.15, -0.1) is 0 Å². The minimum Gasteiger partial charge on any atom is -0.342 e. The number of nitrogens with one attached hydrogen (secondary N) is 1. The van der Waals surface area contributed by atoms with Crippen LogP contribution in [0.5, 0.6) is 0 Å². The quantitative estimate of drug-likeness (QED) is 0.595. The van der Waals surface area contributed by atoms with Crippen molar-refractivity contribution in [2.45, 2.75) is 26.2 Å². The number of halogens is 1. The van der Waals surface area contributed by atoms with Gasteiger partial charge >= 0.3 is 0 Å². The third kappa shape index (κ3) is 4.90. The number of hydrogen-bond donors (Lipinski definition) is 1. The highest BCUT2D eigenvalue weighted by molar-refractivity contribution is 9.10. The summed E-state index contributed by atoms with van der Waals surface area (Å²) >= 11 is 3.34. The molecule has 2 aromatic rings. The number of aromatic nitrogens is 1. The van der Waals surface area contributed by atoms with Gasteiger partial charge in [-0.1, -0.05) is 44.2 Å². The van der Waals surface area contributed by atoms with E-state index in [0.717, 1.165) is 27.7 Å². The lowest BCUT2D eigenvalue weighted by Crippen LogP contribution is -2.30. The van der Waals surface area contributed by atoms with E-state index in [1.807, 2.05) is 42.5 Å². The molecule has 0 aliphatic rings. The largest absolute Gasteiger partial charge is 0.342 e. The highest BCUT2D eigenvalue weighted by atomic mass is 79.9. The molecule has 0 fully saturated rings. The number of nitrogens with zero attached hydrogens (tertiary/aromatic N) is 2. The number of rotatable bonds is 6. The summed E-state index contributed by atoms with van der Waals surface area (Å²) in [5, 5.41) is 11.4. The number of amides is 1. The average molecular weight is 386 g/mol. The van der Waals surface area contributed by atoms with Crippen LogP contribution in [0.4, 0.5) is 0 Å². The predicted octanol–water partition coefficient (Wildman–Crippen LogP) is 4.28. The van der Waals surface area contributed by atoms with Crippen molar-refractivity contribution >= 4 is 21.8 Å². The fraction of sp³-hybridized carbons (Fsp3) is 0.316. The zero-order chi connectivity index (χ0) is 17.5. The molecule has 1 heterocycles. The molecular formula is C19H20BrN3O. The molecule has 0 aliphatic carbocycles. The second-order valence-electron chi connectivity index (χ2n) is 6.05. The van der Waals surface area contributed by atoms with Crippen molar-refractivity contribution in [3.63, 3.8) is 0 Å².